The number of carbonyl (C=O) groups excluding carboxylic acids is 2. The van der Waals surface area contributed by atoms with E-state index < -0.39 is 14.4 Å². The molecule has 0 saturated carbocycles. The van der Waals surface area contributed by atoms with Crippen molar-refractivity contribution in [2.75, 3.05) is 19.6 Å². The van der Waals surface area contributed by atoms with Gasteiger partial charge < -0.3 is 18.8 Å². The lowest BCUT2D eigenvalue weighted by Gasteiger charge is -2.43. The molecule has 0 spiro atoms. The average molecular weight is 714 g/mol. The van der Waals surface area contributed by atoms with Crippen molar-refractivity contribution >= 4 is 42.1 Å². The van der Waals surface area contributed by atoms with Crippen LogP contribution in [-0.4, -0.2) is 59.1 Å². The van der Waals surface area contributed by atoms with Crippen LogP contribution in [0.3, 0.4) is 0 Å². The molecule has 2 aliphatic rings. The van der Waals surface area contributed by atoms with E-state index in [2.05, 4.69) is 80.4 Å². The summed E-state index contributed by atoms with van der Waals surface area (Å²) in [5.74, 6) is 1.36. The van der Waals surface area contributed by atoms with Crippen LogP contribution >= 0.6 is 11.6 Å². The number of halogens is 1. The first-order chi connectivity index (χ1) is 24.6. The topological polar surface area (TPSA) is 91.5 Å². The minimum absolute atomic E-state index is 0.00143. The molecule has 2 aliphatic heterocycles. The molecule has 3 heterocycles. The largest absolute Gasteiger partial charge is 0.534 e. The normalized spacial score (nSPS) is 16.1. The molecule has 4 aromatic carbocycles. The molecule has 258 valence electrons. The molecule has 7 rings (SSSR count). The Morgan fingerprint density at radius 2 is 1.63 bits per heavy atom. The Bertz CT molecular complexity index is 2070. The van der Waals surface area contributed by atoms with Crippen molar-refractivity contribution in [3.63, 3.8) is 0 Å². The zero-order valence-electron chi connectivity index (χ0n) is 29.1. The van der Waals surface area contributed by atoms with Gasteiger partial charge in [0.15, 0.2) is 0 Å². The highest BCUT2D eigenvalue weighted by atomic mass is 35.5. The number of rotatable bonds is 8. The van der Waals surface area contributed by atoms with Crippen LogP contribution in [0.2, 0.25) is 10.1 Å². The zero-order chi connectivity index (χ0) is 35.8. The summed E-state index contributed by atoms with van der Waals surface area (Å²) < 4.78 is 9.23. The Balaban J connectivity index is 1.09. The number of carbonyl (C=O) groups is 2. The summed E-state index contributed by atoms with van der Waals surface area (Å²) in [5.41, 5.74) is 3.10. The number of nitrogens with zero attached hydrogens (tertiary/aromatic N) is 5. The molecule has 10 heteroatoms. The number of aryl methyl sites for hydroxylation is 1. The third-order valence-corrected chi connectivity index (χ3v) is 15.4. The molecular formula is C41H40ClN5O3Si. The first-order valence-corrected chi connectivity index (χ1v) is 19.6. The summed E-state index contributed by atoms with van der Waals surface area (Å²) in [6, 6.07) is 35.7. The van der Waals surface area contributed by atoms with Gasteiger partial charge in [-0.05, 0) is 63.3 Å². The van der Waals surface area contributed by atoms with E-state index in [1.165, 1.54) is 10.4 Å². The standard InChI is InChI=1S/C41H40ClN5O3Si/c1-41(2,3)51(33-10-6-4-7-11-33,34-12-8-5-9-13-34)50-32-18-19-35(42)31(24-32)27-45-22-23-46(28-39(45)48)40(49)36-20-21-38-44-26-37(47(36)38)30-16-14-29(25-43)15-17-30/h4-19,24,26,36H,20-23,27-28H2,1-3H3. The molecule has 1 saturated heterocycles. The van der Waals surface area contributed by atoms with E-state index in [4.69, 9.17) is 16.0 Å². The molecule has 1 fully saturated rings. The van der Waals surface area contributed by atoms with Crippen LogP contribution < -0.4 is 14.8 Å². The molecule has 5 aromatic rings. The molecule has 0 aliphatic carbocycles. The lowest BCUT2D eigenvalue weighted by Crippen LogP contribution is -2.68. The van der Waals surface area contributed by atoms with Gasteiger partial charge in [-0.2, -0.15) is 5.26 Å². The maximum Gasteiger partial charge on any atom is 0.319 e. The molecule has 51 heavy (non-hydrogen) atoms. The first kappa shape index (κ1) is 34.3. The van der Waals surface area contributed by atoms with Gasteiger partial charge in [0.05, 0.1) is 30.1 Å². The summed E-state index contributed by atoms with van der Waals surface area (Å²) in [6.07, 6.45) is 3.10. The Kier molecular flexibility index (Phi) is 9.32. The van der Waals surface area contributed by atoms with Crippen molar-refractivity contribution in [3.05, 3.63) is 131 Å². The van der Waals surface area contributed by atoms with E-state index in [0.29, 0.717) is 48.8 Å². The fourth-order valence-corrected chi connectivity index (χ4v) is 12.1. The lowest BCUT2D eigenvalue weighted by atomic mass is 10.1. The summed E-state index contributed by atoms with van der Waals surface area (Å²) in [7, 11) is -2.87. The van der Waals surface area contributed by atoms with Gasteiger partial charge in [-0.3, -0.25) is 9.59 Å². The molecule has 0 N–H and O–H groups in total. The average Bonchev–Trinajstić information content (AvgIpc) is 3.76. The number of amides is 2. The van der Waals surface area contributed by atoms with E-state index in [0.717, 1.165) is 22.6 Å². The van der Waals surface area contributed by atoms with Gasteiger partial charge in [0.2, 0.25) is 11.8 Å². The monoisotopic (exact) mass is 713 g/mol. The molecule has 0 radical (unpaired) electrons. The maximum absolute atomic E-state index is 13.9. The van der Waals surface area contributed by atoms with Crippen molar-refractivity contribution in [2.24, 2.45) is 0 Å². The van der Waals surface area contributed by atoms with Crippen molar-refractivity contribution in [2.45, 2.75) is 51.2 Å². The highest BCUT2D eigenvalue weighted by Crippen LogP contribution is 2.39. The fraction of sp³-hybridized carbons (Fsp3) is 0.268. The number of nitriles is 1. The second kappa shape index (κ2) is 13.9. The highest BCUT2D eigenvalue weighted by Gasteiger charge is 2.52. The van der Waals surface area contributed by atoms with E-state index in [1.54, 1.807) is 28.1 Å². The quantitative estimate of drug-likeness (QED) is 0.174. The molecule has 2 amide bonds. The smallest absolute Gasteiger partial charge is 0.319 e. The summed E-state index contributed by atoms with van der Waals surface area (Å²) in [6.45, 7) is 7.85. The Hall–Kier alpha value is -5.17. The number of fused-ring (bicyclic) bond motifs is 1. The van der Waals surface area contributed by atoms with Gasteiger partial charge in [-0.25, -0.2) is 4.98 Å². The summed E-state index contributed by atoms with van der Waals surface area (Å²) >= 11 is 6.77. The van der Waals surface area contributed by atoms with E-state index in [9.17, 15) is 14.9 Å². The number of aromatic nitrogens is 2. The molecule has 1 atom stereocenters. The second-order valence-electron chi connectivity index (χ2n) is 14.3. The third-order valence-electron chi connectivity index (χ3n) is 10.1. The van der Waals surface area contributed by atoms with Crippen LogP contribution in [0, 0.1) is 11.3 Å². The number of benzene rings is 4. The molecule has 1 unspecified atom stereocenters. The van der Waals surface area contributed by atoms with Crippen LogP contribution in [0.15, 0.2) is 109 Å². The van der Waals surface area contributed by atoms with Gasteiger partial charge in [0.25, 0.3) is 0 Å². The number of hydrogen-bond acceptors (Lipinski definition) is 5. The van der Waals surface area contributed by atoms with Crippen molar-refractivity contribution in [1.29, 1.82) is 5.26 Å². The van der Waals surface area contributed by atoms with E-state index in [1.807, 2.05) is 47.0 Å². The molecular weight excluding hydrogens is 674 g/mol. The SMILES string of the molecule is CC(C)(C)[Si](Oc1ccc(Cl)c(CN2CCN(C(=O)C3CCc4ncc(-c5ccc(C#N)cc5)n43)CC2=O)c1)(c1ccccc1)c1ccccc1. The van der Waals surface area contributed by atoms with Crippen molar-refractivity contribution in [3.8, 4) is 23.1 Å². The molecule has 1 aromatic heterocycles. The Morgan fingerprint density at radius 1 is 0.961 bits per heavy atom. The van der Waals surface area contributed by atoms with Crippen molar-refractivity contribution in [1.82, 2.24) is 19.4 Å². The third kappa shape index (κ3) is 6.46. The predicted molar refractivity (Wildman–Crippen MR) is 201 cm³/mol. The van der Waals surface area contributed by atoms with Crippen LogP contribution in [0.25, 0.3) is 11.3 Å². The van der Waals surface area contributed by atoms with Crippen LogP contribution in [-0.2, 0) is 22.6 Å². The van der Waals surface area contributed by atoms with Gasteiger partial charge in [-0.15, -0.1) is 0 Å². The second-order valence-corrected chi connectivity index (χ2v) is 18.9. The van der Waals surface area contributed by atoms with Gasteiger partial charge >= 0.3 is 8.32 Å². The zero-order valence-corrected chi connectivity index (χ0v) is 30.8. The summed E-state index contributed by atoms with van der Waals surface area (Å²) in [5, 5.41) is 11.9. The predicted octanol–water partition coefficient (Wildman–Crippen LogP) is 6.37. The van der Waals surface area contributed by atoms with Gasteiger partial charge in [0, 0.05) is 31.1 Å². The Morgan fingerprint density at radius 3 is 2.24 bits per heavy atom. The minimum Gasteiger partial charge on any atom is -0.534 e. The van der Waals surface area contributed by atoms with Gasteiger partial charge in [0.1, 0.15) is 17.6 Å². The number of piperazine rings is 1. The van der Waals surface area contributed by atoms with Crippen LogP contribution in [0.4, 0.5) is 0 Å². The number of imidazole rings is 1. The number of hydrogen-bond donors (Lipinski definition) is 0. The van der Waals surface area contributed by atoms with Crippen LogP contribution in [0.1, 0.15) is 50.2 Å². The fourth-order valence-electron chi connectivity index (χ4n) is 7.53. The minimum atomic E-state index is -2.87. The van der Waals surface area contributed by atoms with Gasteiger partial charge in [-0.1, -0.05) is 105 Å². The summed E-state index contributed by atoms with van der Waals surface area (Å²) in [4.78, 5) is 35.6. The first-order valence-electron chi connectivity index (χ1n) is 17.3. The molecule has 8 nitrogen and oxygen atoms in total. The highest BCUT2D eigenvalue weighted by molar-refractivity contribution is 7.00. The van der Waals surface area contributed by atoms with E-state index in [-0.39, 0.29) is 23.4 Å². The molecule has 0 bridgehead atoms. The van der Waals surface area contributed by atoms with Crippen molar-refractivity contribution < 1.29 is 14.0 Å². The maximum atomic E-state index is 13.9. The van der Waals surface area contributed by atoms with E-state index >= 15 is 0 Å². The van der Waals surface area contributed by atoms with Crippen LogP contribution in [0.5, 0.6) is 5.75 Å². The Labute approximate surface area is 305 Å². The lowest BCUT2D eigenvalue weighted by molar-refractivity contribution is -0.147.